The molecular weight excluding hydrogens is 312 g/mol. The van der Waals surface area contributed by atoms with Gasteiger partial charge in [0.1, 0.15) is 5.76 Å². The first-order chi connectivity index (χ1) is 9.80. The highest BCUT2D eigenvalue weighted by atomic mass is 32.2. The zero-order valence-corrected chi connectivity index (χ0v) is 14.6. The third kappa shape index (κ3) is 6.39. The number of methoxy groups -OCH3 is 1. The second-order valence-electron chi connectivity index (χ2n) is 5.18. The van der Waals surface area contributed by atoms with Crippen molar-refractivity contribution in [2.45, 2.75) is 30.2 Å². The zero-order chi connectivity index (χ0) is 15.9. The Hall–Kier alpha value is -0.540. The predicted octanol–water partition coefficient (Wildman–Crippen LogP) is 1.44. The Bertz CT molecular complexity index is 526. The minimum absolute atomic E-state index is 0.0528. The fourth-order valence-electron chi connectivity index (χ4n) is 1.40. The molecule has 1 heterocycles. The monoisotopic (exact) mass is 336 g/mol. The lowest BCUT2D eigenvalue weighted by molar-refractivity contribution is 0.198. The minimum atomic E-state index is -3.60. The van der Waals surface area contributed by atoms with Crippen LogP contribution in [0.5, 0.6) is 0 Å². The number of nitrogens with one attached hydrogen (secondary N) is 2. The quantitative estimate of drug-likeness (QED) is 0.629. The van der Waals surface area contributed by atoms with Gasteiger partial charge in [0.15, 0.2) is 0 Å². The van der Waals surface area contributed by atoms with Crippen molar-refractivity contribution in [3.05, 3.63) is 17.9 Å². The van der Waals surface area contributed by atoms with E-state index >= 15 is 0 Å². The number of hydrogen-bond donors (Lipinski definition) is 2. The molecule has 1 aromatic rings. The van der Waals surface area contributed by atoms with Crippen LogP contribution in [0.3, 0.4) is 0 Å². The molecule has 0 aliphatic rings. The summed E-state index contributed by atoms with van der Waals surface area (Å²) in [7, 11) is -1.97. The highest BCUT2D eigenvalue weighted by Gasteiger charge is 2.23. The maximum atomic E-state index is 12.1. The Morgan fingerprint density at radius 1 is 1.38 bits per heavy atom. The summed E-state index contributed by atoms with van der Waals surface area (Å²) in [5.41, 5.74) is 0. The van der Waals surface area contributed by atoms with Crippen LogP contribution in [-0.4, -0.2) is 46.2 Å². The molecule has 0 spiro atoms. The molecule has 0 radical (unpaired) electrons. The molecule has 2 N–H and O–H groups in total. The minimum Gasteiger partial charge on any atom is -0.447 e. The molecule has 122 valence electrons. The molecule has 0 fully saturated rings. The molecule has 1 aromatic heterocycles. The van der Waals surface area contributed by atoms with Crippen LogP contribution in [0.2, 0.25) is 0 Å². The van der Waals surface area contributed by atoms with Gasteiger partial charge in [-0.05, 0) is 32.2 Å². The molecule has 6 nitrogen and oxygen atoms in total. The maximum absolute atomic E-state index is 12.1. The van der Waals surface area contributed by atoms with Crippen LogP contribution < -0.4 is 10.0 Å². The van der Waals surface area contributed by atoms with Crippen LogP contribution in [0, 0.1) is 0 Å². The summed E-state index contributed by atoms with van der Waals surface area (Å²) in [4.78, 5) is 0. The number of sulfonamides is 1. The van der Waals surface area contributed by atoms with Crippen LogP contribution in [0.1, 0.15) is 19.6 Å². The average molecular weight is 336 g/mol. The van der Waals surface area contributed by atoms with Gasteiger partial charge in [-0.1, -0.05) is 0 Å². The standard InChI is InChI=1S/C13H24N2O4S2/c1-13(2,20-4)10-15-21(16,17)12-6-5-11(19-12)9-14-7-8-18-3/h5-6,14-15H,7-10H2,1-4H3. The van der Waals surface area contributed by atoms with Gasteiger partial charge in [0.2, 0.25) is 5.09 Å². The highest BCUT2D eigenvalue weighted by molar-refractivity contribution is 8.00. The molecule has 0 saturated carbocycles. The molecule has 0 bridgehead atoms. The topological polar surface area (TPSA) is 80.6 Å². The Morgan fingerprint density at radius 2 is 2.10 bits per heavy atom. The second-order valence-corrected chi connectivity index (χ2v) is 8.39. The van der Waals surface area contributed by atoms with Gasteiger partial charge in [0.25, 0.3) is 10.0 Å². The van der Waals surface area contributed by atoms with Crippen LogP contribution in [0.15, 0.2) is 21.6 Å². The van der Waals surface area contributed by atoms with Crippen LogP contribution in [0.4, 0.5) is 0 Å². The van der Waals surface area contributed by atoms with E-state index in [1.54, 1.807) is 24.9 Å². The third-order valence-electron chi connectivity index (χ3n) is 2.92. The van der Waals surface area contributed by atoms with E-state index in [-0.39, 0.29) is 9.84 Å². The number of furan rings is 1. The van der Waals surface area contributed by atoms with Crippen molar-refractivity contribution in [3.63, 3.8) is 0 Å². The SMILES string of the molecule is COCCNCc1ccc(S(=O)(=O)NCC(C)(C)SC)o1. The summed E-state index contributed by atoms with van der Waals surface area (Å²) in [6.45, 7) is 6.05. The average Bonchev–Trinajstić information content (AvgIpc) is 2.91. The zero-order valence-electron chi connectivity index (χ0n) is 12.9. The van der Waals surface area contributed by atoms with Crippen molar-refractivity contribution in [1.82, 2.24) is 10.0 Å². The Morgan fingerprint density at radius 3 is 2.71 bits per heavy atom. The van der Waals surface area contributed by atoms with E-state index in [1.807, 2.05) is 20.1 Å². The van der Waals surface area contributed by atoms with Gasteiger partial charge in [0.05, 0.1) is 13.2 Å². The van der Waals surface area contributed by atoms with Crippen molar-refractivity contribution in [2.75, 3.05) is 33.1 Å². The summed E-state index contributed by atoms with van der Waals surface area (Å²) in [6, 6.07) is 3.13. The fourth-order valence-corrected chi connectivity index (χ4v) is 2.86. The molecule has 0 atom stereocenters. The Balaban J connectivity index is 2.58. The maximum Gasteiger partial charge on any atom is 0.274 e. The van der Waals surface area contributed by atoms with Crippen LogP contribution >= 0.6 is 11.8 Å². The van der Waals surface area contributed by atoms with E-state index in [2.05, 4.69) is 10.0 Å². The number of ether oxygens (including phenoxy) is 1. The van der Waals surface area contributed by atoms with Gasteiger partial charge in [-0.3, -0.25) is 0 Å². The van der Waals surface area contributed by atoms with E-state index in [0.29, 0.717) is 32.0 Å². The van der Waals surface area contributed by atoms with Gasteiger partial charge < -0.3 is 14.5 Å². The molecule has 21 heavy (non-hydrogen) atoms. The van der Waals surface area contributed by atoms with Gasteiger partial charge in [-0.15, -0.1) is 0 Å². The summed E-state index contributed by atoms with van der Waals surface area (Å²) in [6.07, 6.45) is 1.95. The first-order valence-corrected chi connectivity index (χ1v) is 9.35. The number of hydrogen-bond acceptors (Lipinski definition) is 6. The predicted molar refractivity (Wildman–Crippen MR) is 85.1 cm³/mol. The summed E-state index contributed by atoms with van der Waals surface area (Å²) >= 11 is 1.60. The van der Waals surface area contributed by atoms with Crippen LogP contribution in [0.25, 0.3) is 0 Å². The van der Waals surface area contributed by atoms with Crippen molar-refractivity contribution in [1.29, 1.82) is 0 Å². The van der Waals surface area contributed by atoms with Gasteiger partial charge in [-0.25, -0.2) is 13.1 Å². The summed E-state index contributed by atoms with van der Waals surface area (Å²) in [5.74, 6) is 0.579. The molecule has 0 amide bonds. The first-order valence-electron chi connectivity index (χ1n) is 6.64. The fraction of sp³-hybridized carbons (Fsp3) is 0.692. The lowest BCUT2D eigenvalue weighted by Gasteiger charge is -2.21. The molecule has 0 aliphatic heterocycles. The lowest BCUT2D eigenvalue weighted by atomic mass is 10.2. The van der Waals surface area contributed by atoms with E-state index in [9.17, 15) is 8.42 Å². The van der Waals surface area contributed by atoms with Gasteiger partial charge in [-0.2, -0.15) is 11.8 Å². The first kappa shape index (κ1) is 18.5. The van der Waals surface area contributed by atoms with Crippen molar-refractivity contribution < 1.29 is 17.6 Å². The third-order valence-corrected chi connectivity index (χ3v) is 5.45. The Kier molecular flexibility index (Phi) is 7.22. The second kappa shape index (κ2) is 8.19. The molecule has 0 aliphatic carbocycles. The van der Waals surface area contributed by atoms with Gasteiger partial charge >= 0.3 is 0 Å². The van der Waals surface area contributed by atoms with Gasteiger partial charge in [0, 0.05) is 24.9 Å². The van der Waals surface area contributed by atoms with E-state index in [1.165, 1.54) is 6.07 Å². The van der Waals surface area contributed by atoms with E-state index in [4.69, 9.17) is 9.15 Å². The summed E-state index contributed by atoms with van der Waals surface area (Å²) < 4.78 is 37.0. The van der Waals surface area contributed by atoms with Crippen molar-refractivity contribution in [3.8, 4) is 0 Å². The normalized spacial score (nSPS) is 12.8. The summed E-state index contributed by atoms with van der Waals surface area (Å²) in [5, 5.41) is 3.04. The smallest absolute Gasteiger partial charge is 0.274 e. The van der Waals surface area contributed by atoms with Crippen molar-refractivity contribution in [2.24, 2.45) is 0 Å². The largest absolute Gasteiger partial charge is 0.447 e. The number of rotatable bonds is 10. The van der Waals surface area contributed by atoms with E-state index in [0.717, 1.165) is 0 Å². The molecular formula is C13H24N2O4S2. The molecule has 8 heteroatoms. The molecule has 0 saturated heterocycles. The number of thioether (sulfide) groups is 1. The van der Waals surface area contributed by atoms with Crippen LogP contribution in [-0.2, 0) is 21.3 Å². The molecule has 1 rings (SSSR count). The Labute approximate surface area is 131 Å². The highest BCUT2D eigenvalue weighted by Crippen LogP contribution is 2.21. The molecule has 0 unspecified atom stereocenters. The lowest BCUT2D eigenvalue weighted by Crippen LogP contribution is -2.35. The van der Waals surface area contributed by atoms with Crippen molar-refractivity contribution >= 4 is 21.8 Å². The molecule has 0 aromatic carbocycles. The van der Waals surface area contributed by atoms with E-state index < -0.39 is 10.0 Å².